The number of phosphoric ester groups is 1. The highest BCUT2D eigenvalue weighted by molar-refractivity contribution is 7.91. The molecular weight excluding hydrogens is 555 g/mol. The summed E-state index contributed by atoms with van der Waals surface area (Å²) in [5.74, 6) is -0.161. The molecule has 4 aromatic rings. The van der Waals surface area contributed by atoms with Gasteiger partial charge in [0, 0.05) is 7.11 Å². The van der Waals surface area contributed by atoms with E-state index in [1.54, 1.807) is 0 Å². The Balaban J connectivity index is 1.49. The minimum atomic E-state index is -4.24. The third-order valence-corrected chi connectivity index (χ3v) is 10.1. The van der Waals surface area contributed by atoms with Crippen molar-refractivity contribution >= 4 is 27.5 Å². The summed E-state index contributed by atoms with van der Waals surface area (Å²) in [6.07, 6.45) is 0. The maximum Gasteiger partial charge on any atom is 0.587 e. The monoisotopic (exact) mass is 576 g/mol. The first-order chi connectivity index (χ1) is 17.9. The van der Waals surface area contributed by atoms with Crippen molar-refractivity contribution in [2.45, 2.75) is 19.6 Å². The Bertz CT molecular complexity index is 1560. The van der Waals surface area contributed by atoms with E-state index < -0.39 is 27.5 Å². The summed E-state index contributed by atoms with van der Waals surface area (Å²) in [6.45, 7) is 0. The minimum absolute atomic E-state index is 0.00799. The number of aromatic hydroxyl groups is 2. The largest absolute Gasteiger partial charge is 0.587 e. The van der Waals surface area contributed by atoms with E-state index in [1.165, 1.54) is 97.1 Å². The third kappa shape index (κ3) is 5.84. The number of phenolic OH excluding ortho intramolecular Hbond substituents is 2. The lowest BCUT2D eigenvalue weighted by atomic mass is 10.3. The van der Waals surface area contributed by atoms with E-state index in [-0.39, 0.29) is 42.6 Å². The summed E-state index contributed by atoms with van der Waals surface area (Å²) in [6, 6.07) is 20.2. The molecule has 0 saturated heterocycles. The zero-order valence-electron chi connectivity index (χ0n) is 19.7. The van der Waals surface area contributed by atoms with Gasteiger partial charge in [-0.15, -0.1) is 0 Å². The van der Waals surface area contributed by atoms with Crippen LogP contribution in [0.5, 0.6) is 23.0 Å². The molecule has 0 saturated carbocycles. The second-order valence-electron chi connectivity index (χ2n) is 7.75. The molecule has 0 fully saturated rings. The number of hydrogen-bond acceptors (Lipinski definition) is 10. The molecule has 0 aromatic heterocycles. The summed E-state index contributed by atoms with van der Waals surface area (Å²) in [5, 5.41) is 18.8. The zero-order valence-corrected chi connectivity index (χ0v) is 22.2. The van der Waals surface area contributed by atoms with Gasteiger partial charge in [0.15, 0.2) is 0 Å². The molecule has 0 aliphatic rings. The number of phosphoric acid groups is 1. The Morgan fingerprint density at radius 3 is 1.05 bits per heavy atom. The van der Waals surface area contributed by atoms with Crippen molar-refractivity contribution in [2.24, 2.45) is 0 Å². The normalized spacial score (nSPS) is 12.1. The molecule has 0 aliphatic heterocycles. The highest BCUT2D eigenvalue weighted by Crippen LogP contribution is 2.49. The van der Waals surface area contributed by atoms with Gasteiger partial charge in [-0.3, -0.25) is 4.52 Å². The van der Waals surface area contributed by atoms with E-state index >= 15 is 0 Å². The molecule has 0 radical (unpaired) electrons. The van der Waals surface area contributed by atoms with Crippen LogP contribution < -0.4 is 9.05 Å². The summed E-state index contributed by atoms with van der Waals surface area (Å²) in [5.41, 5.74) is 0. The Morgan fingerprint density at radius 1 is 0.526 bits per heavy atom. The topological polar surface area (TPSA) is 154 Å². The minimum Gasteiger partial charge on any atom is -0.508 e. The van der Waals surface area contributed by atoms with Crippen LogP contribution in [0.15, 0.2) is 117 Å². The van der Waals surface area contributed by atoms with Crippen molar-refractivity contribution in [3.8, 4) is 23.0 Å². The number of benzene rings is 4. The van der Waals surface area contributed by atoms with Gasteiger partial charge in [-0.25, -0.2) is 21.4 Å². The Hall–Kier alpha value is -3.83. The standard InChI is InChI=1S/C25H21O10PS2/c1-33-36(28,34-20-6-14-24(15-7-20)37(29,30)22-10-2-18(26)3-11-22)35-21-8-16-25(17-9-21)38(31,32)23-12-4-19(27)5-13-23/h2-17,26-27H,1H3. The summed E-state index contributed by atoms with van der Waals surface area (Å²) in [4.78, 5) is -0.167. The van der Waals surface area contributed by atoms with Crippen LogP contribution in [-0.2, 0) is 28.8 Å². The van der Waals surface area contributed by atoms with Gasteiger partial charge in [0.1, 0.15) is 23.0 Å². The van der Waals surface area contributed by atoms with Crippen molar-refractivity contribution in [3.05, 3.63) is 97.1 Å². The van der Waals surface area contributed by atoms with Crippen molar-refractivity contribution in [3.63, 3.8) is 0 Å². The number of sulfone groups is 2. The van der Waals surface area contributed by atoms with Gasteiger partial charge in [0.25, 0.3) is 0 Å². The van der Waals surface area contributed by atoms with Gasteiger partial charge in [-0.1, -0.05) is 0 Å². The molecule has 13 heteroatoms. The second-order valence-corrected chi connectivity index (χ2v) is 13.3. The lowest BCUT2D eigenvalue weighted by Crippen LogP contribution is -2.05. The molecule has 0 heterocycles. The Kier molecular flexibility index (Phi) is 7.52. The lowest BCUT2D eigenvalue weighted by molar-refractivity contribution is 0.250. The predicted molar refractivity (Wildman–Crippen MR) is 136 cm³/mol. The molecule has 10 nitrogen and oxygen atoms in total. The summed E-state index contributed by atoms with van der Waals surface area (Å²) < 4.78 is 79.7. The van der Waals surface area contributed by atoms with Crippen molar-refractivity contribution in [1.82, 2.24) is 0 Å². The van der Waals surface area contributed by atoms with E-state index in [2.05, 4.69) is 0 Å². The first-order valence-corrected chi connectivity index (χ1v) is 15.2. The molecule has 0 amide bonds. The van der Waals surface area contributed by atoms with Crippen LogP contribution in [0, 0.1) is 0 Å². The molecule has 4 rings (SSSR count). The smallest absolute Gasteiger partial charge is 0.508 e. The molecule has 0 spiro atoms. The zero-order chi connectivity index (χ0) is 27.6. The van der Waals surface area contributed by atoms with E-state index in [0.29, 0.717) is 0 Å². The van der Waals surface area contributed by atoms with Gasteiger partial charge < -0.3 is 19.3 Å². The van der Waals surface area contributed by atoms with Crippen molar-refractivity contribution < 1.29 is 45.2 Å². The van der Waals surface area contributed by atoms with Gasteiger partial charge in [0.05, 0.1) is 19.6 Å². The summed E-state index contributed by atoms with van der Waals surface area (Å²) in [7, 11) is -10.9. The second kappa shape index (κ2) is 10.5. The molecule has 198 valence electrons. The average molecular weight is 577 g/mol. The van der Waals surface area contributed by atoms with Gasteiger partial charge in [-0.05, 0) is 97.1 Å². The molecule has 38 heavy (non-hydrogen) atoms. The number of phenols is 2. The molecular formula is C25H21O10PS2. The SMILES string of the molecule is COP(=O)(Oc1ccc(S(=O)(=O)c2ccc(O)cc2)cc1)Oc1ccc(S(=O)(=O)c2ccc(O)cc2)cc1. The van der Waals surface area contributed by atoms with E-state index in [9.17, 15) is 31.6 Å². The number of hydrogen-bond donors (Lipinski definition) is 2. The fourth-order valence-electron chi connectivity index (χ4n) is 3.23. The fraction of sp³-hybridized carbons (Fsp3) is 0.0400. The van der Waals surface area contributed by atoms with Crippen LogP contribution >= 0.6 is 7.82 Å². The molecule has 0 bridgehead atoms. The molecule has 0 atom stereocenters. The molecule has 0 unspecified atom stereocenters. The van der Waals surface area contributed by atoms with Crippen molar-refractivity contribution in [1.29, 1.82) is 0 Å². The molecule has 4 aromatic carbocycles. The average Bonchev–Trinajstić information content (AvgIpc) is 2.90. The fourth-order valence-corrected chi connectivity index (χ4v) is 6.70. The van der Waals surface area contributed by atoms with Crippen LogP contribution in [0.1, 0.15) is 0 Å². The van der Waals surface area contributed by atoms with E-state index in [0.717, 1.165) is 7.11 Å². The highest BCUT2D eigenvalue weighted by atomic mass is 32.2. The highest BCUT2D eigenvalue weighted by Gasteiger charge is 2.30. The molecule has 2 N–H and O–H groups in total. The van der Waals surface area contributed by atoms with E-state index in [4.69, 9.17) is 13.6 Å². The Morgan fingerprint density at radius 2 is 0.789 bits per heavy atom. The first kappa shape index (κ1) is 27.2. The van der Waals surface area contributed by atoms with Crippen LogP contribution in [0.4, 0.5) is 0 Å². The molecule has 0 aliphatic carbocycles. The van der Waals surface area contributed by atoms with Gasteiger partial charge >= 0.3 is 7.82 Å². The van der Waals surface area contributed by atoms with Gasteiger partial charge in [0.2, 0.25) is 19.7 Å². The lowest BCUT2D eigenvalue weighted by Gasteiger charge is -2.17. The maximum atomic E-state index is 13.0. The van der Waals surface area contributed by atoms with E-state index in [1.807, 2.05) is 0 Å². The quantitative estimate of drug-likeness (QED) is 0.261. The van der Waals surface area contributed by atoms with Gasteiger partial charge in [-0.2, -0.15) is 0 Å². The first-order valence-electron chi connectivity index (χ1n) is 10.8. The number of rotatable bonds is 9. The third-order valence-electron chi connectivity index (χ3n) is 5.22. The van der Waals surface area contributed by atoms with Crippen LogP contribution in [0.25, 0.3) is 0 Å². The summed E-state index contributed by atoms with van der Waals surface area (Å²) >= 11 is 0. The van der Waals surface area contributed by atoms with Crippen LogP contribution in [0.3, 0.4) is 0 Å². The van der Waals surface area contributed by atoms with Crippen LogP contribution in [0.2, 0.25) is 0 Å². The van der Waals surface area contributed by atoms with Crippen molar-refractivity contribution in [2.75, 3.05) is 7.11 Å². The predicted octanol–water partition coefficient (Wildman–Crippen LogP) is 4.98. The van der Waals surface area contributed by atoms with Crippen LogP contribution in [-0.4, -0.2) is 34.2 Å². The Labute approximate surface area is 219 Å². The maximum absolute atomic E-state index is 13.0.